The molecule has 4 rings (SSSR count). The van der Waals surface area contributed by atoms with Gasteiger partial charge in [0.05, 0.1) is 15.9 Å². The third-order valence-electron chi connectivity index (χ3n) is 4.69. The molecule has 0 saturated carbocycles. The number of anilines is 2. The van der Waals surface area contributed by atoms with Gasteiger partial charge in [-0.3, -0.25) is 14.7 Å². The molecule has 0 radical (unpaired) electrons. The van der Waals surface area contributed by atoms with Crippen LogP contribution in [0.1, 0.15) is 36.3 Å². The summed E-state index contributed by atoms with van der Waals surface area (Å²) in [5.41, 5.74) is 4.63. The van der Waals surface area contributed by atoms with Gasteiger partial charge in [0.25, 0.3) is 5.91 Å². The maximum absolute atomic E-state index is 12.6. The molecule has 2 aromatic heterocycles. The summed E-state index contributed by atoms with van der Waals surface area (Å²) in [7, 11) is 0. The molecule has 0 aliphatic heterocycles. The normalized spacial score (nSPS) is 10.9. The van der Waals surface area contributed by atoms with E-state index in [4.69, 9.17) is 0 Å². The van der Waals surface area contributed by atoms with E-state index in [1.54, 1.807) is 19.1 Å². The lowest BCUT2D eigenvalue weighted by Crippen LogP contribution is -2.12. The van der Waals surface area contributed by atoms with E-state index in [1.165, 1.54) is 16.9 Å². The molecular formula is C22H21N5O2S. The first-order valence-electron chi connectivity index (χ1n) is 9.72. The lowest BCUT2D eigenvalue weighted by Gasteiger charge is -2.03. The molecule has 4 aromatic rings. The minimum absolute atomic E-state index is 0.0815. The summed E-state index contributed by atoms with van der Waals surface area (Å²) < 4.78 is 0.929. The predicted molar refractivity (Wildman–Crippen MR) is 120 cm³/mol. The zero-order valence-corrected chi connectivity index (χ0v) is 17.5. The number of rotatable bonds is 6. The highest BCUT2D eigenvalue weighted by molar-refractivity contribution is 7.22. The number of aromatic nitrogens is 3. The van der Waals surface area contributed by atoms with Gasteiger partial charge in [-0.15, -0.1) is 0 Å². The van der Waals surface area contributed by atoms with E-state index in [-0.39, 0.29) is 11.8 Å². The smallest absolute Gasteiger partial charge is 0.273 e. The Bertz CT molecular complexity index is 1210. The Morgan fingerprint density at radius 3 is 2.57 bits per heavy atom. The van der Waals surface area contributed by atoms with Crippen molar-refractivity contribution in [2.24, 2.45) is 0 Å². The van der Waals surface area contributed by atoms with E-state index < -0.39 is 0 Å². The maximum atomic E-state index is 12.6. The number of aromatic amines is 1. The minimum Gasteiger partial charge on any atom is -0.321 e. The van der Waals surface area contributed by atoms with E-state index in [2.05, 4.69) is 44.9 Å². The molecule has 7 nitrogen and oxygen atoms in total. The van der Waals surface area contributed by atoms with E-state index >= 15 is 0 Å². The second kappa shape index (κ2) is 8.46. The van der Waals surface area contributed by atoms with E-state index in [9.17, 15) is 9.59 Å². The molecule has 30 heavy (non-hydrogen) atoms. The Balaban J connectivity index is 1.48. The summed E-state index contributed by atoms with van der Waals surface area (Å²) in [6.07, 6.45) is 1.37. The third kappa shape index (κ3) is 4.23. The van der Waals surface area contributed by atoms with E-state index in [0.29, 0.717) is 34.1 Å². The highest BCUT2D eigenvalue weighted by atomic mass is 32.1. The van der Waals surface area contributed by atoms with Gasteiger partial charge >= 0.3 is 0 Å². The minimum atomic E-state index is -0.284. The molecule has 0 aliphatic rings. The van der Waals surface area contributed by atoms with Gasteiger partial charge < -0.3 is 10.6 Å². The monoisotopic (exact) mass is 419 g/mol. The Hall–Kier alpha value is -3.52. The molecule has 0 atom stereocenters. The van der Waals surface area contributed by atoms with Crippen LogP contribution in [-0.2, 0) is 11.2 Å². The lowest BCUT2D eigenvalue weighted by atomic mass is 10.1. The standard InChI is InChI=1S/C22H21N5O2S/c1-3-13-5-7-14(8-6-13)16-12-18(27-26-16)21(29)23-15-9-10-19-17(11-15)24-22(30-19)25-20(28)4-2/h5-12H,3-4H2,1-2H3,(H,23,29)(H,26,27)(H,24,25,28). The SMILES string of the molecule is CCC(=O)Nc1nc2cc(NC(=O)c3cc(-c4ccc(CC)cc4)n[nH]3)ccc2s1. The molecule has 0 unspecified atom stereocenters. The van der Waals surface area contributed by atoms with Gasteiger partial charge in [0.1, 0.15) is 5.69 Å². The van der Waals surface area contributed by atoms with Crippen LogP contribution < -0.4 is 10.6 Å². The molecule has 2 heterocycles. The van der Waals surface area contributed by atoms with Gasteiger partial charge in [0.2, 0.25) is 5.91 Å². The molecule has 2 amide bonds. The second-order valence-electron chi connectivity index (χ2n) is 6.77. The number of carbonyl (C=O) groups is 2. The van der Waals surface area contributed by atoms with Gasteiger partial charge in [-0.05, 0) is 36.2 Å². The summed E-state index contributed by atoms with van der Waals surface area (Å²) >= 11 is 1.40. The number of nitrogens with zero attached hydrogens (tertiary/aromatic N) is 2. The maximum Gasteiger partial charge on any atom is 0.273 e. The van der Waals surface area contributed by atoms with Crippen molar-refractivity contribution in [2.45, 2.75) is 26.7 Å². The summed E-state index contributed by atoms with van der Waals surface area (Å²) in [6, 6.07) is 15.3. The number of nitrogens with one attached hydrogen (secondary N) is 3. The number of H-pyrrole nitrogens is 1. The molecule has 0 fully saturated rings. The number of amides is 2. The van der Waals surface area contributed by atoms with Crippen LogP contribution in [0, 0.1) is 0 Å². The average Bonchev–Trinajstić information content (AvgIpc) is 3.40. The van der Waals surface area contributed by atoms with Crippen molar-refractivity contribution in [1.29, 1.82) is 0 Å². The van der Waals surface area contributed by atoms with Crippen molar-refractivity contribution in [3.63, 3.8) is 0 Å². The van der Waals surface area contributed by atoms with Crippen LogP contribution in [0.25, 0.3) is 21.5 Å². The molecule has 2 aromatic carbocycles. The number of hydrogen-bond donors (Lipinski definition) is 3. The largest absolute Gasteiger partial charge is 0.321 e. The Labute approximate surface area is 177 Å². The van der Waals surface area contributed by atoms with Gasteiger partial charge in [-0.2, -0.15) is 5.10 Å². The Morgan fingerprint density at radius 1 is 1.03 bits per heavy atom. The van der Waals surface area contributed by atoms with Crippen molar-refractivity contribution in [3.8, 4) is 11.3 Å². The van der Waals surface area contributed by atoms with Gasteiger partial charge in [0.15, 0.2) is 5.13 Å². The Kier molecular flexibility index (Phi) is 5.58. The number of hydrogen-bond acceptors (Lipinski definition) is 5. The van der Waals surface area contributed by atoms with Crippen LogP contribution in [0.5, 0.6) is 0 Å². The van der Waals surface area contributed by atoms with Gasteiger partial charge in [0, 0.05) is 17.7 Å². The van der Waals surface area contributed by atoms with Crippen molar-refractivity contribution < 1.29 is 9.59 Å². The second-order valence-corrected chi connectivity index (χ2v) is 7.81. The van der Waals surface area contributed by atoms with Gasteiger partial charge in [-0.25, -0.2) is 4.98 Å². The first-order chi connectivity index (χ1) is 14.6. The first-order valence-corrected chi connectivity index (χ1v) is 10.5. The fraction of sp³-hybridized carbons (Fsp3) is 0.182. The Morgan fingerprint density at radius 2 is 1.83 bits per heavy atom. The third-order valence-corrected chi connectivity index (χ3v) is 5.65. The van der Waals surface area contributed by atoms with Crippen LogP contribution >= 0.6 is 11.3 Å². The van der Waals surface area contributed by atoms with Crippen molar-refractivity contribution in [1.82, 2.24) is 15.2 Å². The molecule has 0 aliphatic carbocycles. The zero-order valence-electron chi connectivity index (χ0n) is 16.7. The molecule has 0 bridgehead atoms. The van der Waals surface area contributed by atoms with Crippen molar-refractivity contribution >= 4 is 44.2 Å². The van der Waals surface area contributed by atoms with Crippen LogP contribution in [0.2, 0.25) is 0 Å². The highest BCUT2D eigenvalue weighted by Gasteiger charge is 2.13. The molecule has 3 N–H and O–H groups in total. The fourth-order valence-corrected chi connectivity index (χ4v) is 3.82. The summed E-state index contributed by atoms with van der Waals surface area (Å²) in [4.78, 5) is 28.6. The zero-order chi connectivity index (χ0) is 21.1. The van der Waals surface area contributed by atoms with Crippen molar-refractivity contribution in [3.05, 3.63) is 59.8 Å². The van der Waals surface area contributed by atoms with Gasteiger partial charge in [-0.1, -0.05) is 49.4 Å². The molecule has 0 spiro atoms. The first kappa shape index (κ1) is 19.8. The number of benzene rings is 2. The van der Waals surface area contributed by atoms with Crippen LogP contribution in [-0.4, -0.2) is 27.0 Å². The predicted octanol–water partition coefficient (Wildman–Crippen LogP) is 4.85. The summed E-state index contributed by atoms with van der Waals surface area (Å²) in [6.45, 7) is 3.90. The number of carbonyl (C=O) groups excluding carboxylic acids is 2. The average molecular weight is 420 g/mol. The quantitative estimate of drug-likeness (QED) is 0.416. The molecule has 152 valence electrons. The highest BCUT2D eigenvalue weighted by Crippen LogP contribution is 2.28. The molecule has 8 heteroatoms. The number of aryl methyl sites for hydroxylation is 1. The van der Waals surface area contributed by atoms with E-state index in [0.717, 1.165) is 16.7 Å². The molecular weight excluding hydrogens is 398 g/mol. The lowest BCUT2D eigenvalue weighted by molar-refractivity contribution is -0.115. The summed E-state index contributed by atoms with van der Waals surface area (Å²) in [5.74, 6) is -0.366. The van der Waals surface area contributed by atoms with E-state index in [1.807, 2.05) is 24.3 Å². The van der Waals surface area contributed by atoms with Crippen molar-refractivity contribution in [2.75, 3.05) is 10.6 Å². The van der Waals surface area contributed by atoms with Crippen LogP contribution in [0.3, 0.4) is 0 Å². The van der Waals surface area contributed by atoms with Crippen LogP contribution in [0.15, 0.2) is 48.5 Å². The fourth-order valence-electron chi connectivity index (χ4n) is 2.96. The molecule has 0 saturated heterocycles. The topological polar surface area (TPSA) is 99.8 Å². The number of thiazole rings is 1. The number of fused-ring (bicyclic) bond motifs is 1. The summed E-state index contributed by atoms with van der Waals surface area (Å²) in [5, 5.41) is 13.2. The van der Waals surface area contributed by atoms with Crippen LogP contribution in [0.4, 0.5) is 10.8 Å².